The average Bonchev–Trinajstić information content (AvgIpc) is 2.45. The monoisotopic (exact) mass is 320 g/mol. The van der Waals surface area contributed by atoms with Crippen molar-refractivity contribution in [1.29, 1.82) is 0 Å². The first kappa shape index (κ1) is 15.6. The Labute approximate surface area is 135 Å². The van der Waals surface area contributed by atoms with Crippen LogP contribution in [0.4, 0.5) is 5.69 Å². The maximum Gasteiger partial charge on any atom is 0.125 e. The fourth-order valence-electron chi connectivity index (χ4n) is 2.10. The molecule has 0 aliphatic carbocycles. The third-order valence-electron chi connectivity index (χ3n) is 3.19. The van der Waals surface area contributed by atoms with Crippen molar-refractivity contribution in [1.82, 2.24) is 0 Å². The first-order valence-corrected chi connectivity index (χ1v) is 7.27. The number of halogens is 1. The van der Waals surface area contributed by atoms with E-state index in [1.54, 1.807) is 7.11 Å². The molecule has 0 spiro atoms. The van der Waals surface area contributed by atoms with Gasteiger partial charge in [-0.15, -0.1) is 0 Å². The lowest BCUT2D eigenvalue weighted by molar-refractivity contribution is 0.410. The highest BCUT2D eigenvalue weighted by Crippen LogP contribution is 2.28. The SMILES string of the molecule is COc1cccc(Cl)c1CNc1cc(C)ccc1C(N)=S. The van der Waals surface area contributed by atoms with Crippen LogP contribution in [0.5, 0.6) is 5.75 Å². The highest BCUT2D eigenvalue weighted by atomic mass is 35.5. The lowest BCUT2D eigenvalue weighted by Gasteiger charge is -2.15. The lowest BCUT2D eigenvalue weighted by Crippen LogP contribution is -2.13. The zero-order chi connectivity index (χ0) is 15.4. The molecule has 0 radical (unpaired) electrons. The molecule has 0 saturated heterocycles. The molecule has 5 heteroatoms. The van der Waals surface area contributed by atoms with Gasteiger partial charge in [0.15, 0.2) is 0 Å². The molecule has 110 valence electrons. The van der Waals surface area contributed by atoms with Gasteiger partial charge in [0.1, 0.15) is 10.7 Å². The Balaban J connectivity index is 2.28. The van der Waals surface area contributed by atoms with Gasteiger partial charge < -0.3 is 15.8 Å². The maximum atomic E-state index is 6.24. The van der Waals surface area contributed by atoms with Gasteiger partial charge >= 0.3 is 0 Å². The molecule has 3 nitrogen and oxygen atoms in total. The van der Waals surface area contributed by atoms with Crippen LogP contribution >= 0.6 is 23.8 Å². The number of rotatable bonds is 5. The molecule has 0 unspecified atom stereocenters. The van der Waals surface area contributed by atoms with E-state index in [1.807, 2.05) is 43.3 Å². The molecule has 0 bridgehead atoms. The molecular formula is C16H17ClN2OS. The number of thiocarbonyl (C=S) groups is 1. The Hall–Kier alpha value is -1.78. The number of nitrogens with two attached hydrogens (primary N) is 1. The van der Waals surface area contributed by atoms with Crippen molar-refractivity contribution in [3.05, 3.63) is 58.1 Å². The molecule has 0 heterocycles. The van der Waals surface area contributed by atoms with Gasteiger partial charge in [0.05, 0.1) is 7.11 Å². The summed E-state index contributed by atoms with van der Waals surface area (Å²) < 4.78 is 5.34. The Morgan fingerprint density at radius 2 is 2.10 bits per heavy atom. The van der Waals surface area contributed by atoms with Crippen LogP contribution in [0.15, 0.2) is 36.4 Å². The Kier molecular flexibility index (Phi) is 5.04. The minimum absolute atomic E-state index is 0.364. The number of methoxy groups -OCH3 is 1. The molecule has 2 aromatic carbocycles. The Morgan fingerprint density at radius 1 is 1.33 bits per heavy atom. The van der Waals surface area contributed by atoms with Crippen LogP contribution in [0.25, 0.3) is 0 Å². The second-order valence-corrected chi connectivity index (χ2v) is 5.53. The summed E-state index contributed by atoms with van der Waals surface area (Å²) >= 11 is 11.3. The van der Waals surface area contributed by atoms with Gasteiger partial charge in [0.2, 0.25) is 0 Å². The standard InChI is InChI=1S/C16H17ClN2OS/c1-10-6-7-11(16(18)21)14(8-10)19-9-12-13(17)4-3-5-15(12)20-2/h3-8,19H,9H2,1-2H3,(H2,18,21). The van der Waals surface area contributed by atoms with Gasteiger partial charge in [-0.1, -0.05) is 36.0 Å². The Bertz CT molecular complexity index is 673. The van der Waals surface area contributed by atoms with Crippen LogP contribution in [0.3, 0.4) is 0 Å². The number of hydrogen-bond acceptors (Lipinski definition) is 3. The normalized spacial score (nSPS) is 10.2. The van der Waals surface area contributed by atoms with Crippen LogP contribution < -0.4 is 15.8 Å². The summed E-state index contributed by atoms with van der Waals surface area (Å²) in [5.74, 6) is 0.750. The first-order valence-electron chi connectivity index (χ1n) is 6.48. The van der Waals surface area contributed by atoms with Crippen molar-refractivity contribution in [2.45, 2.75) is 13.5 Å². The number of hydrogen-bond donors (Lipinski definition) is 2. The number of aryl methyl sites for hydroxylation is 1. The van der Waals surface area contributed by atoms with Gasteiger partial charge in [-0.25, -0.2) is 0 Å². The van der Waals surface area contributed by atoms with E-state index in [9.17, 15) is 0 Å². The quantitative estimate of drug-likeness (QED) is 0.820. The average molecular weight is 321 g/mol. The summed E-state index contributed by atoms with van der Waals surface area (Å²) in [7, 11) is 1.63. The molecule has 0 saturated carbocycles. The van der Waals surface area contributed by atoms with Crippen molar-refractivity contribution in [3.63, 3.8) is 0 Å². The van der Waals surface area contributed by atoms with E-state index < -0.39 is 0 Å². The molecule has 0 atom stereocenters. The Morgan fingerprint density at radius 3 is 2.76 bits per heavy atom. The number of anilines is 1. The molecule has 3 N–H and O–H groups in total. The summed E-state index contributed by atoms with van der Waals surface area (Å²) in [6.07, 6.45) is 0. The first-order chi connectivity index (χ1) is 10.0. The van der Waals surface area contributed by atoms with Gasteiger partial charge in [-0.05, 0) is 36.8 Å². The molecule has 2 rings (SSSR count). The molecule has 0 aliphatic heterocycles. The third-order valence-corrected chi connectivity index (χ3v) is 3.77. The van der Waals surface area contributed by atoms with Crippen LogP contribution in [0.1, 0.15) is 16.7 Å². The van der Waals surface area contributed by atoms with E-state index in [2.05, 4.69) is 5.32 Å². The molecular weight excluding hydrogens is 304 g/mol. The largest absolute Gasteiger partial charge is 0.496 e. The number of ether oxygens (including phenoxy) is 1. The third kappa shape index (κ3) is 3.65. The highest BCUT2D eigenvalue weighted by molar-refractivity contribution is 7.80. The summed E-state index contributed by atoms with van der Waals surface area (Å²) in [4.78, 5) is 0.364. The maximum absolute atomic E-state index is 6.24. The van der Waals surface area contributed by atoms with Gasteiger partial charge in [-0.2, -0.15) is 0 Å². The van der Waals surface area contributed by atoms with Crippen LogP contribution in [-0.4, -0.2) is 12.1 Å². The van der Waals surface area contributed by atoms with Gasteiger partial charge in [0, 0.05) is 28.4 Å². The summed E-state index contributed by atoms with van der Waals surface area (Å²) in [5.41, 5.74) is 9.50. The molecule has 0 amide bonds. The van der Waals surface area contributed by atoms with Crippen molar-refractivity contribution >= 4 is 34.5 Å². The molecule has 21 heavy (non-hydrogen) atoms. The smallest absolute Gasteiger partial charge is 0.125 e. The van der Waals surface area contributed by atoms with Crippen molar-refractivity contribution < 1.29 is 4.74 Å². The summed E-state index contributed by atoms with van der Waals surface area (Å²) in [6.45, 7) is 2.55. The lowest BCUT2D eigenvalue weighted by atomic mass is 10.1. The van der Waals surface area contributed by atoms with E-state index in [0.29, 0.717) is 16.6 Å². The number of nitrogens with one attached hydrogen (secondary N) is 1. The molecule has 0 aliphatic rings. The minimum atomic E-state index is 0.364. The molecule has 2 aromatic rings. The molecule has 0 aromatic heterocycles. The predicted molar refractivity (Wildman–Crippen MR) is 92.4 cm³/mol. The molecule has 0 fully saturated rings. The van der Waals surface area contributed by atoms with Gasteiger partial charge in [0.25, 0.3) is 0 Å². The zero-order valence-electron chi connectivity index (χ0n) is 11.9. The fraction of sp³-hybridized carbons (Fsp3) is 0.188. The van der Waals surface area contributed by atoms with E-state index in [4.69, 9.17) is 34.3 Å². The predicted octanol–water partition coefficient (Wildman–Crippen LogP) is 3.90. The zero-order valence-corrected chi connectivity index (χ0v) is 13.5. The van der Waals surface area contributed by atoms with E-state index in [-0.39, 0.29) is 0 Å². The van der Waals surface area contributed by atoms with Gasteiger partial charge in [-0.3, -0.25) is 0 Å². The summed E-state index contributed by atoms with van der Waals surface area (Å²) in [5, 5.41) is 3.99. The van der Waals surface area contributed by atoms with Crippen LogP contribution in [-0.2, 0) is 6.54 Å². The van der Waals surface area contributed by atoms with E-state index >= 15 is 0 Å². The second kappa shape index (κ2) is 6.78. The second-order valence-electron chi connectivity index (χ2n) is 4.69. The van der Waals surface area contributed by atoms with Crippen LogP contribution in [0.2, 0.25) is 5.02 Å². The summed E-state index contributed by atoms with van der Waals surface area (Å²) in [6, 6.07) is 11.5. The van der Waals surface area contributed by atoms with E-state index in [0.717, 1.165) is 28.1 Å². The van der Waals surface area contributed by atoms with Crippen molar-refractivity contribution in [2.75, 3.05) is 12.4 Å². The topological polar surface area (TPSA) is 47.3 Å². The van der Waals surface area contributed by atoms with Crippen molar-refractivity contribution in [2.24, 2.45) is 5.73 Å². The highest BCUT2D eigenvalue weighted by Gasteiger charge is 2.10. The minimum Gasteiger partial charge on any atom is -0.496 e. The fourth-order valence-corrected chi connectivity index (χ4v) is 2.52. The number of benzene rings is 2. The van der Waals surface area contributed by atoms with Crippen LogP contribution in [0, 0.1) is 6.92 Å². The van der Waals surface area contributed by atoms with E-state index in [1.165, 1.54) is 0 Å². The van der Waals surface area contributed by atoms with Crippen molar-refractivity contribution in [3.8, 4) is 5.75 Å².